The van der Waals surface area contributed by atoms with Crippen molar-refractivity contribution in [2.45, 2.75) is 118 Å². The summed E-state index contributed by atoms with van der Waals surface area (Å²) in [6.45, 7) is 10.1. The summed E-state index contributed by atoms with van der Waals surface area (Å²) < 4.78 is 17.0. The third-order valence-corrected chi connectivity index (χ3v) is 8.74. The SMILES string of the molecule is CCCCCCN(C(=O)CCCOc1ccc2c(c1)CN(CC(=O)OCC(C)(C)C)C(NC(=O)OCc1ccccc1)=N2)C1CCCCC1. The Hall–Kier alpha value is -4.08. The number of unbranched alkanes of at least 4 members (excludes halogenated alkanes) is 3. The van der Waals surface area contributed by atoms with Gasteiger partial charge in [-0.05, 0) is 54.9 Å². The number of alkyl carbamates (subject to hydrolysis) is 1. The molecule has 4 rings (SSSR count). The molecular weight excluding hydrogens is 620 g/mol. The second kappa shape index (κ2) is 19.2. The highest BCUT2D eigenvalue weighted by atomic mass is 16.5. The Balaban J connectivity index is 1.35. The van der Waals surface area contributed by atoms with E-state index < -0.39 is 12.1 Å². The van der Waals surface area contributed by atoms with Gasteiger partial charge in [0.2, 0.25) is 11.9 Å². The van der Waals surface area contributed by atoms with Crippen molar-refractivity contribution in [2.24, 2.45) is 10.4 Å². The number of guanidine groups is 1. The van der Waals surface area contributed by atoms with Crippen LogP contribution in [-0.2, 0) is 32.2 Å². The highest BCUT2D eigenvalue weighted by Gasteiger charge is 2.27. The van der Waals surface area contributed by atoms with Crippen molar-refractivity contribution in [3.8, 4) is 5.75 Å². The number of hydrogen-bond acceptors (Lipinski definition) is 8. The van der Waals surface area contributed by atoms with Gasteiger partial charge in [-0.1, -0.05) is 96.6 Å². The molecule has 2 amide bonds. The number of carbonyl (C=O) groups is 3. The van der Waals surface area contributed by atoms with Gasteiger partial charge < -0.3 is 24.0 Å². The maximum Gasteiger partial charge on any atom is 0.414 e. The maximum absolute atomic E-state index is 13.3. The van der Waals surface area contributed by atoms with Gasteiger partial charge in [0, 0.05) is 31.1 Å². The number of aliphatic imine (C=N–C) groups is 1. The highest BCUT2D eigenvalue weighted by Crippen LogP contribution is 2.30. The van der Waals surface area contributed by atoms with Crippen LogP contribution < -0.4 is 10.1 Å². The first kappa shape index (κ1) is 37.7. The molecule has 10 heteroatoms. The molecule has 1 heterocycles. The molecule has 1 aliphatic carbocycles. The summed E-state index contributed by atoms with van der Waals surface area (Å²) in [5, 5.41) is 2.72. The van der Waals surface area contributed by atoms with Crippen LogP contribution in [0, 0.1) is 5.41 Å². The Kier molecular flexibility index (Phi) is 14.8. The maximum atomic E-state index is 13.3. The van der Waals surface area contributed by atoms with Gasteiger partial charge in [0.15, 0.2) is 0 Å². The van der Waals surface area contributed by atoms with Gasteiger partial charge >= 0.3 is 12.1 Å². The fourth-order valence-electron chi connectivity index (χ4n) is 6.11. The summed E-state index contributed by atoms with van der Waals surface area (Å²) in [6, 6.07) is 15.4. The van der Waals surface area contributed by atoms with Crippen LogP contribution in [0.2, 0.25) is 0 Å². The molecule has 0 spiro atoms. The molecule has 268 valence electrons. The van der Waals surface area contributed by atoms with Gasteiger partial charge in [0.1, 0.15) is 18.9 Å². The molecule has 2 aliphatic rings. The summed E-state index contributed by atoms with van der Waals surface area (Å²) in [4.78, 5) is 47.4. The highest BCUT2D eigenvalue weighted by molar-refractivity contribution is 5.97. The summed E-state index contributed by atoms with van der Waals surface area (Å²) in [6.07, 6.45) is 11.0. The average molecular weight is 677 g/mol. The van der Waals surface area contributed by atoms with Crippen LogP contribution in [0.25, 0.3) is 0 Å². The molecule has 1 fully saturated rings. The van der Waals surface area contributed by atoms with Crippen molar-refractivity contribution in [1.29, 1.82) is 0 Å². The Bertz CT molecular complexity index is 1380. The Morgan fingerprint density at radius 1 is 0.959 bits per heavy atom. The lowest BCUT2D eigenvalue weighted by Crippen LogP contribution is -2.47. The number of benzene rings is 2. The monoisotopic (exact) mass is 676 g/mol. The van der Waals surface area contributed by atoms with Crippen LogP contribution >= 0.6 is 0 Å². The first-order chi connectivity index (χ1) is 23.6. The van der Waals surface area contributed by atoms with Crippen molar-refractivity contribution in [3.63, 3.8) is 0 Å². The number of esters is 1. The lowest BCUT2D eigenvalue weighted by molar-refractivity contribution is -0.147. The number of nitrogens with zero attached hydrogens (tertiary/aromatic N) is 3. The van der Waals surface area contributed by atoms with E-state index in [-0.39, 0.29) is 37.0 Å². The molecule has 2 aromatic carbocycles. The van der Waals surface area contributed by atoms with E-state index in [1.807, 2.05) is 69.3 Å². The van der Waals surface area contributed by atoms with Crippen LogP contribution in [-0.4, -0.2) is 66.1 Å². The minimum atomic E-state index is -0.670. The number of rotatable bonds is 16. The minimum Gasteiger partial charge on any atom is -0.494 e. The Morgan fingerprint density at radius 2 is 1.73 bits per heavy atom. The van der Waals surface area contributed by atoms with Gasteiger partial charge in [0.25, 0.3) is 0 Å². The lowest BCUT2D eigenvalue weighted by Gasteiger charge is -2.34. The number of carbonyl (C=O) groups excluding carboxylic acids is 3. The molecule has 0 atom stereocenters. The van der Waals surface area contributed by atoms with E-state index in [1.54, 1.807) is 4.90 Å². The smallest absolute Gasteiger partial charge is 0.414 e. The van der Waals surface area contributed by atoms with Crippen LogP contribution in [0.15, 0.2) is 53.5 Å². The van der Waals surface area contributed by atoms with E-state index in [9.17, 15) is 14.4 Å². The summed E-state index contributed by atoms with van der Waals surface area (Å²) >= 11 is 0. The van der Waals surface area contributed by atoms with Crippen molar-refractivity contribution < 1.29 is 28.6 Å². The van der Waals surface area contributed by atoms with Gasteiger partial charge in [0.05, 0.1) is 18.9 Å². The van der Waals surface area contributed by atoms with E-state index >= 15 is 0 Å². The van der Waals surface area contributed by atoms with Gasteiger partial charge in [-0.2, -0.15) is 0 Å². The van der Waals surface area contributed by atoms with Gasteiger partial charge in [-0.25, -0.2) is 9.79 Å². The van der Waals surface area contributed by atoms with Crippen molar-refractivity contribution >= 4 is 29.6 Å². The molecule has 0 saturated heterocycles. The van der Waals surface area contributed by atoms with E-state index in [1.165, 1.54) is 38.5 Å². The molecule has 0 aromatic heterocycles. The number of hydrogen-bond donors (Lipinski definition) is 1. The quantitative estimate of drug-likeness (QED) is 0.142. The first-order valence-electron chi connectivity index (χ1n) is 18.1. The molecule has 49 heavy (non-hydrogen) atoms. The number of nitrogens with one attached hydrogen (secondary N) is 1. The molecule has 1 saturated carbocycles. The van der Waals surface area contributed by atoms with Gasteiger partial charge in [-0.15, -0.1) is 0 Å². The largest absolute Gasteiger partial charge is 0.494 e. The predicted octanol–water partition coefficient (Wildman–Crippen LogP) is 7.91. The van der Waals surface area contributed by atoms with Crippen LogP contribution in [0.4, 0.5) is 10.5 Å². The van der Waals surface area contributed by atoms with E-state index in [4.69, 9.17) is 14.2 Å². The molecular formula is C39H56N4O6. The number of fused-ring (bicyclic) bond motifs is 1. The van der Waals surface area contributed by atoms with Crippen LogP contribution in [0.5, 0.6) is 5.75 Å². The molecule has 1 aliphatic heterocycles. The van der Waals surface area contributed by atoms with Crippen molar-refractivity contribution in [1.82, 2.24) is 15.1 Å². The Labute approximate surface area is 292 Å². The van der Waals surface area contributed by atoms with Gasteiger partial charge in [-0.3, -0.25) is 14.9 Å². The molecule has 0 unspecified atom stereocenters. The minimum absolute atomic E-state index is 0.101. The topological polar surface area (TPSA) is 110 Å². The lowest BCUT2D eigenvalue weighted by atomic mass is 9.93. The molecule has 0 radical (unpaired) electrons. The normalized spacial score (nSPS) is 14.8. The fraction of sp³-hybridized carbons (Fsp3) is 0.590. The second-order valence-electron chi connectivity index (χ2n) is 14.4. The first-order valence-corrected chi connectivity index (χ1v) is 18.1. The molecule has 2 aromatic rings. The van der Waals surface area contributed by atoms with Crippen molar-refractivity contribution in [3.05, 3.63) is 59.7 Å². The summed E-state index contributed by atoms with van der Waals surface area (Å²) in [7, 11) is 0. The van der Waals surface area contributed by atoms with Crippen molar-refractivity contribution in [2.75, 3.05) is 26.3 Å². The zero-order valence-electron chi connectivity index (χ0n) is 30.0. The van der Waals surface area contributed by atoms with E-state index in [0.717, 1.165) is 36.9 Å². The summed E-state index contributed by atoms with van der Waals surface area (Å²) in [5.74, 6) is 0.694. The zero-order chi connectivity index (χ0) is 35.1. The number of ether oxygens (including phenoxy) is 3. The van der Waals surface area contributed by atoms with E-state index in [2.05, 4.69) is 22.1 Å². The molecule has 1 N–H and O–H groups in total. The standard InChI is InChI=1S/C39H56N4O6/c1-5-6-7-14-23-43(32-18-12-9-13-19-32)35(44)20-15-24-47-33-21-22-34-31(25-33)26-42(27-36(45)49-29-39(2,3)4)37(40-34)41-38(46)48-28-30-16-10-8-11-17-30/h8,10-11,16-17,21-22,25,32H,5-7,9,12-15,18-20,23-24,26-29H2,1-4H3,(H,40,41,46). The van der Waals surface area contributed by atoms with Crippen LogP contribution in [0.1, 0.15) is 109 Å². The van der Waals surface area contributed by atoms with E-state index in [0.29, 0.717) is 43.5 Å². The molecule has 10 nitrogen and oxygen atoms in total. The summed E-state index contributed by atoms with van der Waals surface area (Å²) in [5.41, 5.74) is 2.18. The number of amides is 2. The molecule has 0 bridgehead atoms. The predicted molar refractivity (Wildman–Crippen MR) is 192 cm³/mol. The third kappa shape index (κ3) is 13.0. The third-order valence-electron chi connectivity index (χ3n) is 8.74. The average Bonchev–Trinajstić information content (AvgIpc) is 3.09. The fourth-order valence-corrected chi connectivity index (χ4v) is 6.11. The second-order valence-corrected chi connectivity index (χ2v) is 14.4. The Morgan fingerprint density at radius 3 is 2.47 bits per heavy atom. The van der Waals surface area contributed by atoms with Crippen LogP contribution in [0.3, 0.4) is 0 Å². The zero-order valence-corrected chi connectivity index (χ0v) is 30.0.